The van der Waals surface area contributed by atoms with Crippen LogP contribution >= 0.6 is 0 Å². The summed E-state index contributed by atoms with van der Waals surface area (Å²) in [6.45, 7) is 3.59. The molecule has 0 aromatic rings. The van der Waals surface area contributed by atoms with Crippen molar-refractivity contribution in [2.24, 2.45) is 0 Å². The maximum absolute atomic E-state index is 11.6. The van der Waals surface area contributed by atoms with E-state index in [2.05, 4.69) is 21.4 Å². The Balaban J connectivity index is 4.22. The summed E-state index contributed by atoms with van der Waals surface area (Å²) in [5, 5.41) is 2.55. The van der Waals surface area contributed by atoms with Gasteiger partial charge in [0.25, 0.3) is 0 Å². The van der Waals surface area contributed by atoms with E-state index in [1.165, 1.54) is 14.2 Å². The average Bonchev–Trinajstić information content (AvgIpc) is 2.42. The molecule has 0 saturated carbocycles. The van der Waals surface area contributed by atoms with Gasteiger partial charge in [0.1, 0.15) is 6.04 Å². The second-order valence-corrected chi connectivity index (χ2v) is 3.94. The molecule has 1 amide bonds. The smallest absolute Gasteiger partial charge is 0.328 e. The van der Waals surface area contributed by atoms with E-state index in [9.17, 15) is 14.4 Å². The summed E-state index contributed by atoms with van der Waals surface area (Å²) < 4.78 is 9.05. The van der Waals surface area contributed by atoms with Crippen LogP contribution in [-0.4, -0.2) is 38.1 Å². The summed E-state index contributed by atoms with van der Waals surface area (Å²) in [6, 6.07) is -0.685. The molecule has 1 atom stereocenters. The number of amides is 1. The number of hydrogen-bond donors (Lipinski definition) is 1. The maximum Gasteiger partial charge on any atom is 0.328 e. The zero-order valence-electron chi connectivity index (χ0n) is 11.4. The number of allylic oxidation sites excluding steroid dienone is 1. The number of carbonyl (C=O) groups is 3. The number of ether oxygens (including phenoxy) is 2. The van der Waals surface area contributed by atoms with Gasteiger partial charge < -0.3 is 14.8 Å². The van der Waals surface area contributed by atoms with Gasteiger partial charge in [-0.1, -0.05) is 6.08 Å². The first kappa shape index (κ1) is 17.2. The molecule has 0 aliphatic heterocycles. The molecule has 0 fully saturated rings. The second-order valence-electron chi connectivity index (χ2n) is 3.94. The quantitative estimate of drug-likeness (QED) is 0.383. The van der Waals surface area contributed by atoms with Crippen molar-refractivity contribution in [1.29, 1.82) is 0 Å². The van der Waals surface area contributed by atoms with E-state index >= 15 is 0 Å². The van der Waals surface area contributed by atoms with Crippen LogP contribution < -0.4 is 5.32 Å². The molecule has 6 heteroatoms. The molecule has 0 rings (SSSR count). The monoisotopic (exact) mass is 271 g/mol. The highest BCUT2D eigenvalue weighted by Crippen LogP contribution is 2.04. The topological polar surface area (TPSA) is 81.7 Å². The third-order valence-corrected chi connectivity index (χ3v) is 2.51. The Kier molecular flexibility index (Phi) is 9.12. The fourth-order valence-corrected chi connectivity index (χ4v) is 1.44. The number of hydrogen-bond acceptors (Lipinski definition) is 5. The molecule has 1 N–H and O–H groups in total. The van der Waals surface area contributed by atoms with Crippen LogP contribution in [0.3, 0.4) is 0 Å². The van der Waals surface area contributed by atoms with E-state index in [1.54, 1.807) is 6.08 Å². The molecular formula is C13H21NO5. The maximum atomic E-state index is 11.6. The summed E-state index contributed by atoms with van der Waals surface area (Å²) in [4.78, 5) is 34.0. The van der Waals surface area contributed by atoms with Gasteiger partial charge >= 0.3 is 11.9 Å². The molecule has 0 radical (unpaired) electrons. The van der Waals surface area contributed by atoms with Gasteiger partial charge in [-0.3, -0.25) is 9.59 Å². The minimum absolute atomic E-state index is 0.0110. The molecule has 0 aromatic heterocycles. The van der Waals surface area contributed by atoms with E-state index in [0.717, 1.165) is 12.8 Å². The standard InChI is InChI=1S/C13H21NO5/c1-4-5-6-7-10(13(17)19-3)14-11(15)8-9-12(16)18-2/h4,10H,1,5-9H2,2-3H3,(H,14,15)/t10-/m1/s1. The first-order chi connectivity index (χ1) is 9.04. The van der Waals surface area contributed by atoms with Crippen molar-refractivity contribution in [1.82, 2.24) is 5.32 Å². The third kappa shape index (κ3) is 7.96. The van der Waals surface area contributed by atoms with Crippen LogP contribution in [0.1, 0.15) is 32.1 Å². The molecule has 0 spiro atoms. The Morgan fingerprint density at radius 1 is 1.21 bits per heavy atom. The number of carbonyl (C=O) groups excluding carboxylic acids is 3. The number of nitrogens with one attached hydrogen (secondary N) is 1. The normalized spacial score (nSPS) is 11.3. The molecule has 0 unspecified atom stereocenters. The van der Waals surface area contributed by atoms with Gasteiger partial charge in [0.2, 0.25) is 5.91 Å². The largest absolute Gasteiger partial charge is 0.469 e. The molecule has 108 valence electrons. The first-order valence-electron chi connectivity index (χ1n) is 6.10. The Labute approximate surface area is 113 Å². The molecule has 0 aromatic carbocycles. The SMILES string of the molecule is C=CCCC[C@@H](NC(=O)CCC(=O)OC)C(=O)OC. The fourth-order valence-electron chi connectivity index (χ4n) is 1.44. The summed E-state index contributed by atoms with van der Waals surface area (Å²) in [5.41, 5.74) is 0. The van der Waals surface area contributed by atoms with E-state index < -0.39 is 18.0 Å². The van der Waals surface area contributed by atoms with Gasteiger partial charge in [-0.05, 0) is 19.3 Å². The zero-order valence-corrected chi connectivity index (χ0v) is 11.4. The molecule has 0 aliphatic carbocycles. The Morgan fingerprint density at radius 3 is 2.42 bits per heavy atom. The van der Waals surface area contributed by atoms with Gasteiger partial charge in [0.15, 0.2) is 0 Å². The number of esters is 2. The summed E-state index contributed by atoms with van der Waals surface area (Å²) in [6.07, 6.45) is 3.67. The zero-order chi connectivity index (χ0) is 14.7. The predicted molar refractivity (Wildman–Crippen MR) is 69.2 cm³/mol. The van der Waals surface area contributed by atoms with Crippen LogP contribution in [0.5, 0.6) is 0 Å². The van der Waals surface area contributed by atoms with E-state index in [1.807, 2.05) is 0 Å². The van der Waals surface area contributed by atoms with Gasteiger partial charge in [-0.25, -0.2) is 4.79 Å². The van der Waals surface area contributed by atoms with Crippen molar-refractivity contribution >= 4 is 17.8 Å². The van der Waals surface area contributed by atoms with Gasteiger partial charge in [-0.2, -0.15) is 0 Å². The molecule has 6 nitrogen and oxygen atoms in total. The highest BCUT2D eigenvalue weighted by atomic mass is 16.5. The summed E-state index contributed by atoms with van der Waals surface area (Å²) in [5.74, 6) is -1.33. The molecule has 0 bridgehead atoms. The van der Waals surface area contributed by atoms with Crippen LogP contribution in [0.15, 0.2) is 12.7 Å². The van der Waals surface area contributed by atoms with Crippen LogP contribution in [0.25, 0.3) is 0 Å². The minimum atomic E-state index is -0.685. The van der Waals surface area contributed by atoms with Crippen molar-refractivity contribution in [3.05, 3.63) is 12.7 Å². The molecule has 0 heterocycles. The average molecular weight is 271 g/mol. The highest BCUT2D eigenvalue weighted by Gasteiger charge is 2.21. The van der Waals surface area contributed by atoms with E-state index in [4.69, 9.17) is 0 Å². The van der Waals surface area contributed by atoms with Gasteiger partial charge in [0.05, 0.1) is 20.6 Å². The van der Waals surface area contributed by atoms with E-state index in [0.29, 0.717) is 6.42 Å². The van der Waals surface area contributed by atoms with Crippen molar-refractivity contribution < 1.29 is 23.9 Å². The fraction of sp³-hybridized carbons (Fsp3) is 0.615. The third-order valence-electron chi connectivity index (χ3n) is 2.51. The van der Waals surface area contributed by atoms with Crippen LogP contribution in [-0.2, 0) is 23.9 Å². The summed E-state index contributed by atoms with van der Waals surface area (Å²) in [7, 11) is 2.52. The van der Waals surface area contributed by atoms with Crippen LogP contribution in [0.4, 0.5) is 0 Å². The Hall–Kier alpha value is -1.85. The first-order valence-corrected chi connectivity index (χ1v) is 6.10. The lowest BCUT2D eigenvalue weighted by atomic mass is 10.1. The van der Waals surface area contributed by atoms with Crippen molar-refractivity contribution in [2.75, 3.05) is 14.2 Å². The number of unbranched alkanes of at least 4 members (excludes halogenated alkanes) is 1. The molecule has 0 aliphatic rings. The van der Waals surface area contributed by atoms with Gasteiger partial charge in [0, 0.05) is 6.42 Å². The molecular weight excluding hydrogens is 250 g/mol. The lowest BCUT2D eigenvalue weighted by molar-refractivity contribution is -0.145. The number of rotatable bonds is 9. The van der Waals surface area contributed by atoms with Crippen molar-refractivity contribution in [2.45, 2.75) is 38.1 Å². The lowest BCUT2D eigenvalue weighted by Crippen LogP contribution is -2.41. The summed E-state index contributed by atoms with van der Waals surface area (Å²) >= 11 is 0. The molecule has 19 heavy (non-hydrogen) atoms. The van der Waals surface area contributed by atoms with E-state index in [-0.39, 0.29) is 18.7 Å². The Morgan fingerprint density at radius 2 is 1.89 bits per heavy atom. The van der Waals surface area contributed by atoms with Crippen molar-refractivity contribution in [3.63, 3.8) is 0 Å². The minimum Gasteiger partial charge on any atom is -0.469 e. The lowest BCUT2D eigenvalue weighted by Gasteiger charge is -2.15. The van der Waals surface area contributed by atoms with Crippen molar-refractivity contribution in [3.8, 4) is 0 Å². The van der Waals surface area contributed by atoms with Gasteiger partial charge in [-0.15, -0.1) is 6.58 Å². The second kappa shape index (κ2) is 10.1. The van der Waals surface area contributed by atoms with Crippen LogP contribution in [0.2, 0.25) is 0 Å². The Bertz CT molecular complexity index is 327. The highest BCUT2D eigenvalue weighted by molar-refractivity contribution is 5.86. The number of methoxy groups -OCH3 is 2. The molecule has 0 saturated heterocycles. The predicted octanol–water partition coefficient (Wildman–Crippen LogP) is 0.954. The van der Waals surface area contributed by atoms with Crippen LogP contribution in [0, 0.1) is 0 Å².